The number of nitro groups is 1. The summed E-state index contributed by atoms with van der Waals surface area (Å²) in [6, 6.07) is 4.66. The standard InChI is InChI=1S/C10H8BrNO2/c1-8-7-10(12(13)14)5-4-9(8)3-2-6-11/h4-5,7H,6H2,1H3. The molecule has 0 atom stereocenters. The van der Waals surface area contributed by atoms with Gasteiger partial charge in [0.15, 0.2) is 0 Å². The second-order valence-electron chi connectivity index (χ2n) is 2.69. The largest absolute Gasteiger partial charge is 0.269 e. The summed E-state index contributed by atoms with van der Waals surface area (Å²) < 4.78 is 0. The Labute approximate surface area is 90.4 Å². The molecule has 0 saturated carbocycles. The molecule has 0 spiro atoms. The minimum Gasteiger partial charge on any atom is -0.258 e. The van der Waals surface area contributed by atoms with Crippen molar-refractivity contribution >= 4 is 21.6 Å². The van der Waals surface area contributed by atoms with Gasteiger partial charge in [0.25, 0.3) is 5.69 Å². The van der Waals surface area contributed by atoms with E-state index in [1.54, 1.807) is 6.07 Å². The van der Waals surface area contributed by atoms with Gasteiger partial charge in [-0.1, -0.05) is 27.8 Å². The molecule has 0 radical (unpaired) electrons. The molecule has 0 aliphatic carbocycles. The van der Waals surface area contributed by atoms with Gasteiger partial charge in [0.05, 0.1) is 10.3 Å². The van der Waals surface area contributed by atoms with Crippen molar-refractivity contribution in [3.8, 4) is 11.8 Å². The fraction of sp³-hybridized carbons (Fsp3) is 0.200. The molecule has 0 saturated heterocycles. The van der Waals surface area contributed by atoms with E-state index in [2.05, 4.69) is 27.8 Å². The van der Waals surface area contributed by atoms with E-state index in [1.807, 2.05) is 6.92 Å². The van der Waals surface area contributed by atoms with E-state index in [1.165, 1.54) is 12.1 Å². The quantitative estimate of drug-likeness (QED) is 0.334. The molecule has 0 bridgehead atoms. The van der Waals surface area contributed by atoms with Crippen molar-refractivity contribution in [1.29, 1.82) is 0 Å². The number of halogens is 1. The molecule has 1 aromatic carbocycles. The van der Waals surface area contributed by atoms with Gasteiger partial charge < -0.3 is 0 Å². The fourth-order valence-electron chi connectivity index (χ4n) is 1.03. The molecule has 0 unspecified atom stereocenters. The van der Waals surface area contributed by atoms with Gasteiger partial charge in [0.2, 0.25) is 0 Å². The van der Waals surface area contributed by atoms with E-state index >= 15 is 0 Å². The summed E-state index contributed by atoms with van der Waals surface area (Å²) in [6.07, 6.45) is 0. The van der Waals surface area contributed by atoms with E-state index < -0.39 is 4.92 Å². The molecule has 1 aromatic rings. The maximum absolute atomic E-state index is 10.4. The van der Waals surface area contributed by atoms with Crippen LogP contribution in [-0.2, 0) is 0 Å². The molecule has 14 heavy (non-hydrogen) atoms. The zero-order valence-electron chi connectivity index (χ0n) is 7.58. The van der Waals surface area contributed by atoms with Gasteiger partial charge in [-0.05, 0) is 18.6 Å². The molecule has 0 aromatic heterocycles. The molecule has 3 nitrogen and oxygen atoms in total. The second-order valence-corrected chi connectivity index (χ2v) is 3.25. The number of non-ortho nitro benzene ring substituents is 1. The predicted octanol–water partition coefficient (Wildman–Crippen LogP) is 2.65. The van der Waals surface area contributed by atoms with Crippen LogP contribution in [0.4, 0.5) is 5.69 Å². The highest BCUT2D eigenvalue weighted by Gasteiger charge is 2.05. The summed E-state index contributed by atoms with van der Waals surface area (Å²) in [5.74, 6) is 5.76. The van der Waals surface area contributed by atoms with Crippen molar-refractivity contribution in [1.82, 2.24) is 0 Å². The van der Waals surface area contributed by atoms with Crippen LogP contribution in [-0.4, -0.2) is 10.3 Å². The van der Waals surface area contributed by atoms with Gasteiger partial charge in [-0.25, -0.2) is 0 Å². The van der Waals surface area contributed by atoms with Gasteiger partial charge >= 0.3 is 0 Å². The first-order valence-electron chi connectivity index (χ1n) is 3.95. The number of benzene rings is 1. The van der Waals surface area contributed by atoms with Crippen molar-refractivity contribution < 1.29 is 4.92 Å². The van der Waals surface area contributed by atoms with Crippen LogP contribution in [0.2, 0.25) is 0 Å². The average molecular weight is 254 g/mol. The average Bonchev–Trinajstić information content (AvgIpc) is 2.15. The first-order chi connectivity index (χ1) is 6.65. The first-order valence-corrected chi connectivity index (χ1v) is 5.07. The highest BCUT2D eigenvalue weighted by Crippen LogP contribution is 2.16. The number of hydrogen-bond donors (Lipinski definition) is 0. The Hall–Kier alpha value is -1.34. The molecule has 0 aliphatic heterocycles. The van der Waals surface area contributed by atoms with Crippen molar-refractivity contribution in [2.75, 3.05) is 5.33 Å². The Kier molecular flexibility index (Phi) is 3.66. The number of nitro benzene ring substituents is 1. The van der Waals surface area contributed by atoms with E-state index in [4.69, 9.17) is 0 Å². The Morgan fingerprint density at radius 3 is 2.79 bits per heavy atom. The molecule has 0 N–H and O–H groups in total. The number of alkyl halides is 1. The Morgan fingerprint density at radius 2 is 2.29 bits per heavy atom. The zero-order valence-corrected chi connectivity index (χ0v) is 9.17. The van der Waals surface area contributed by atoms with Crippen LogP contribution in [0, 0.1) is 28.9 Å². The summed E-state index contributed by atoms with van der Waals surface area (Å²) in [5, 5.41) is 11.0. The van der Waals surface area contributed by atoms with E-state index in [-0.39, 0.29) is 5.69 Å². The third-order valence-electron chi connectivity index (χ3n) is 1.71. The van der Waals surface area contributed by atoms with Crippen molar-refractivity contribution in [2.45, 2.75) is 6.92 Å². The normalized spacial score (nSPS) is 9.00. The van der Waals surface area contributed by atoms with Crippen molar-refractivity contribution in [3.63, 3.8) is 0 Å². The molecule has 1 rings (SSSR count). The molecule has 0 aliphatic rings. The molecule has 0 heterocycles. The minimum atomic E-state index is -0.408. The van der Waals surface area contributed by atoms with Gasteiger partial charge in [-0.3, -0.25) is 10.1 Å². The summed E-state index contributed by atoms with van der Waals surface area (Å²) in [7, 11) is 0. The van der Waals surface area contributed by atoms with Crippen LogP contribution in [0.5, 0.6) is 0 Å². The third kappa shape index (κ3) is 2.57. The van der Waals surface area contributed by atoms with Gasteiger partial charge in [-0.2, -0.15) is 0 Å². The Morgan fingerprint density at radius 1 is 1.57 bits per heavy atom. The van der Waals surface area contributed by atoms with Crippen LogP contribution >= 0.6 is 15.9 Å². The van der Waals surface area contributed by atoms with Gasteiger partial charge in [-0.15, -0.1) is 0 Å². The molecule has 72 valence electrons. The summed E-state index contributed by atoms with van der Waals surface area (Å²) in [4.78, 5) is 10.0. The van der Waals surface area contributed by atoms with E-state index in [0.29, 0.717) is 5.33 Å². The smallest absolute Gasteiger partial charge is 0.258 e. The van der Waals surface area contributed by atoms with Crippen LogP contribution in [0.15, 0.2) is 18.2 Å². The highest BCUT2D eigenvalue weighted by molar-refractivity contribution is 9.09. The molecule has 0 fully saturated rings. The Balaban J connectivity index is 3.07. The number of nitrogens with zero attached hydrogens (tertiary/aromatic N) is 1. The predicted molar refractivity (Wildman–Crippen MR) is 58.5 cm³/mol. The summed E-state index contributed by atoms with van der Waals surface area (Å²) in [6.45, 7) is 1.81. The third-order valence-corrected chi connectivity index (χ3v) is 1.99. The number of rotatable bonds is 1. The zero-order chi connectivity index (χ0) is 10.6. The SMILES string of the molecule is Cc1cc([N+](=O)[O-])ccc1C#CCBr. The van der Waals surface area contributed by atoms with Crippen LogP contribution in [0.3, 0.4) is 0 Å². The fourth-order valence-corrected chi connectivity index (χ4v) is 1.17. The lowest BCUT2D eigenvalue weighted by Gasteiger charge is -1.97. The van der Waals surface area contributed by atoms with Crippen LogP contribution < -0.4 is 0 Å². The van der Waals surface area contributed by atoms with Crippen molar-refractivity contribution in [2.24, 2.45) is 0 Å². The maximum Gasteiger partial charge on any atom is 0.269 e. The lowest BCUT2D eigenvalue weighted by molar-refractivity contribution is -0.384. The lowest BCUT2D eigenvalue weighted by atomic mass is 10.1. The lowest BCUT2D eigenvalue weighted by Crippen LogP contribution is -1.90. The topological polar surface area (TPSA) is 43.1 Å². The number of hydrogen-bond acceptors (Lipinski definition) is 2. The molecule has 0 amide bonds. The minimum absolute atomic E-state index is 0.104. The van der Waals surface area contributed by atoms with E-state index in [9.17, 15) is 10.1 Å². The van der Waals surface area contributed by atoms with Crippen LogP contribution in [0.1, 0.15) is 11.1 Å². The maximum atomic E-state index is 10.4. The highest BCUT2D eigenvalue weighted by atomic mass is 79.9. The second kappa shape index (κ2) is 4.77. The van der Waals surface area contributed by atoms with Crippen LogP contribution in [0.25, 0.3) is 0 Å². The van der Waals surface area contributed by atoms with Gasteiger partial charge in [0, 0.05) is 17.7 Å². The van der Waals surface area contributed by atoms with Crippen molar-refractivity contribution in [3.05, 3.63) is 39.4 Å². The Bertz CT molecular complexity index is 418. The molecule has 4 heteroatoms. The first kappa shape index (κ1) is 10.7. The monoisotopic (exact) mass is 253 g/mol. The molecular formula is C10H8BrNO2. The van der Waals surface area contributed by atoms with E-state index in [0.717, 1.165) is 11.1 Å². The number of aryl methyl sites for hydroxylation is 1. The summed E-state index contributed by atoms with van der Waals surface area (Å²) in [5.41, 5.74) is 1.76. The molecular weight excluding hydrogens is 246 g/mol. The summed E-state index contributed by atoms with van der Waals surface area (Å²) >= 11 is 3.19. The van der Waals surface area contributed by atoms with Gasteiger partial charge in [0.1, 0.15) is 0 Å².